The van der Waals surface area contributed by atoms with Gasteiger partial charge in [-0.2, -0.15) is 4.72 Å². The number of hydrogen-bond donors (Lipinski definition) is 1. The number of anilines is 1. The maximum atomic E-state index is 13.6. The summed E-state index contributed by atoms with van der Waals surface area (Å²) in [4.78, 5) is 13.8. The molecule has 1 aliphatic rings. The largest absolute Gasteiger partial charge is 0.311 e. The molecule has 0 spiro atoms. The van der Waals surface area contributed by atoms with Gasteiger partial charge in [0.25, 0.3) is 10.0 Å². The molecule has 1 aromatic heterocycles. The maximum Gasteiger partial charge on any atom is 0.260 e. The summed E-state index contributed by atoms with van der Waals surface area (Å²) < 4.78 is 41.6. The van der Waals surface area contributed by atoms with Crippen LogP contribution in [-0.2, 0) is 21.9 Å². The average Bonchev–Trinajstić information content (AvgIpc) is 3.09. The SMILES string of the molecule is Cn1nncc1S(=O)(=O)NC1CCN(c2ccc(Cl)c(F)c2)C1=O. The van der Waals surface area contributed by atoms with Crippen molar-refractivity contribution in [1.82, 2.24) is 19.7 Å². The van der Waals surface area contributed by atoms with Crippen molar-refractivity contribution >= 4 is 33.2 Å². The smallest absolute Gasteiger partial charge is 0.260 e. The van der Waals surface area contributed by atoms with E-state index in [0.29, 0.717) is 5.69 Å². The molecule has 11 heteroatoms. The molecule has 0 aliphatic carbocycles. The molecule has 2 heterocycles. The van der Waals surface area contributed by atoms with E-state index in [0.717, 1.165) is 16.9 Å². The molecule has 8 nitrogen and oxygen atoms in total. The number of aromatic nitrogens is 3. The van der Waals surface area contributed by atoms with Gasteiger partial charge >= 0.3 is 0 Å². The van der Waals surface area contributed by atoms with Crippen LogP contribution in [0.25, 0.3) is 0 Å². The first-order valence-electron chi connectivity index (χ1n) is 6.93. The predicted octanol–water partition coefficient (Wildman–Crippen LogP) is 0.691. The summed E-state index contributed by atoms with van der Waals surface area (Å²) in [6.45, 7) is 0.261. The molecule has 1 fully saturated rings. The molecule has 24 heavy (non-hydrogen) atoms. The molecule has 0 radical (unpaired) electrons. The third-order valence-corrected chi connectivity index (χ3v) is 5.49. The molecular weight excluding hydrogens is 361 g/mol. The number of carbonyl (C=O) groups excluding carboxylic acids is 1. The van der Waals surface area contributed by atoms with E-state index in [4.69, 9.17) is 11.6 Å². The fourth-order valence-corrected chi connectivity index (χ4v) is 3.87. The lowest BCUT2D eigenvalue weighted by Gasteiger charge is -2.17. The van der Waals surface area contributed by atoms with Crippen molar-refractivity contribution in [3.8, 4) is 0 Å². The Kier molecular flexibility index (Phi) is 4.28. The average molecular weight is 374 g/mol. The Morgan fingerprint density at radius 3 is 2.79 bits per heavy atom. The minimum Gasteiger partial charge on any atom is -0.311 e. The Morgan fingerprint density at radius 1 is 1.42 bits per heavy atom. The van der Waals surface area contributed by atoms with Crippen LogP contribution < -0.4 is 9.62 Å². The van der Waals surface area contributed by atoms with E-state index in [1.807, 2.05) is 0 Å². The minimum absolute atomic E-state index is 0.0497. The zero-order valence-electron chi connectivity index (χ0n) is 12.5. The highest BCUT2D eigenvalue weighted by atomic mass is 35.5. The van der Waals surface area contributed by atoms with Crippen LogP contribution in [0.4, 0.5) is 10.1 Å². The summed E-state index contributed by atoms with van der Waals surface area (Å²) >= 11 is 5.63. The molecule has 1 aromatic carbocycles. The van der Waals surface area contributed by atoms with Gasteiger partial charge in [-0.1, -0.05) is 16.8 Å². The molecule has 2 aromatic rings. The van der Waals surface area contributed by atoms with Crippen molar-refractivity contribution in [3.05, 3.63) is 35.2 Å². The predicted molar refractivity (Wildman–Crippen MR) is 83.5 cm³/mol. The lowest BCUT2D eigenvalue weighted by Crippen LogP contribution is -2.42. The molecule has 1 aliphatic heterocycles. The number of amides is 1. The Hall–Kier alpha value is -2.04. The van der Waals surface area contributed by atoms with E-state index in [9.17, 15) is 17.6 Å². The Bertz CT molecular complexity index is 901. The fraction of sp³-hybridized carbons (Fsp3) is 0.308. The van der Waals surface area contributed by atoms with Crippen LogP contribution in [0.1, 0.15) is 6.42 Å². The number of carbonyl (C=O) groups is 1. The van der Waals surface area contributed by atoms with Crippen molar-refractivity contribution < 1.29 is 17.6 Å². The molecule has 0 saturated carbocycles. The normalized spacial score (nSPS) is 18.4. The fourth-order valence-electron chi connectivity index (χ4n) is 2.47. The molecular formula is C13H13ClFN5O3S. The maximum absolute atomic E-state index is 13.6. The topological polar surface area (TPSA) is 97.2 Å². The molecule has 128 valence electrons. The highest BCUT2D eigenvalue weighted by Gasteiger charge is 2.36. The molecule has 0 bridgehead atoms. The number of benzene rings is 1. The van der Waals surface area contributed by atoms with E-state index in [1.54, 1.807) is 0 Å². The summed E-state index contributed by atoms with van der Waals surface area (Å²) in [6, 6.07) is 3.05. The molecule has 1 N–H and O–H groups in total. The van der Waals surface area contributed by atoms with E-state index >= 15 is 0 Å². The van der Waals surface area contributed by atoms with Crippen molar-refractivity contribution in [2.45, 2.75) is 17.5 Å². The first kappa shape index (κ1) is 16.8. The Morgan fingerprint density at radius 2 is 2.17 bits per heavy atom. The van der Waals surface area contributed by atoms with Gasteiger partial charge in [0, 0.05) is 19.3 Å². The number of halogens is 2. The lowest BCUT2D eigenvalue weighted by atomic mass is 10.3. The summed E-state index contributed by atoms with van der Waals surface area (Å²) in [7, 11) is -2.51. The van der Waals surface area contributed by atoms with Crippen LogP contribution in [-0.4, -0.2) is 41.9 Å². The van der Waals surface area contributed by atoms with Crippen molar-refractivity contribution in [2.75, 3.05) is 11.4 Å². The molecule has 3 rings (SSSR count). The van der Waals surface area contributed by atoms with Crippen LogP contribution in [0.15, 0.2) is 29.4 Å². The third-order valence-electron chi connectivity index (χ3n) is 3.67. The minimum atomic E-state index is -3.94. The van der Waals surface area contributed by atoms with Crippen molar-refractivity contribution in [2.24, 2.45) is 7.05 Å². The van der Waals surface area contributed by atoms with Crippen LogP contribution in [0.2, 0.25) is 5.02 Å². The quantitative estimate of drug-likeness (QED) is 0.850. The summed E-state index contributed by atoms with van der Waals surface area (Å²) in [5.74, 6) is -1.11. The molecule has 1 amide bonds. The Balaban J connectivity index is 1.79. The van der Waals surface area contributed by atoms with E-state index in [2.05, 4.69) is 15.0 Å². The summed E-state index contributed by atoms with van der Waals surface area (Å²) in [6.07, 6.45) is 1.35. The second-order valence-corrected chi connectivity index (χ2v) is 7.31. The number of hydrogen-bond acceptors (Lipinski definition) is 5. The van der Waals surface area contributed by atoms with E-state index in [1.165, 1.54) is 24.1 Å². The van der Waals surface area contributed by atoms with Gasteiger partial charge in [-0.05, 0) is 24.6 Å². The lowest BCUT2D eigenvalue weighted by molar-refractivity contribution is -0.118. The van der Waals surface area contributed by atoms with Gasteiger partial charge in [0.05, 0.1) is 11.2 Å². The number of sulfonamides is 1. The first-order chi connectivity index (χ1) is 11.3. The van der Waals surface area contributed by atoms with Gasteiger partial charge in [-0.15, -0.1) is 5.10 Å². The zero-order chi connectivity index (χ0) is 17.5. The molecule has 1 atom stereocenters. The van der Waals surface area contributed by atoms with Crippen molar-refractivity contribution in [1.29, 1.82) is 0 Å². The van der Waals surface area contributed by atoms with Crippen molar-refractivity contribution in [3.63, 3.8) is 0 Å². The third kappa shape index (κ3) is 2.99. The zero-order valence-corrected chi connectivity index (χ0v) is 14.1. The van der Waals surface area contributed by atoms with Gasteiger partial charge < -0.3 is 4.90 Å². The van der Waals surface area contributed by atoms with Gasteiger partial charge in [0.2, 0.25) is 5.91 Å². The van der Waals surface area contributed by atoms with Crippen LogP contribution in [0.3, 0.4) is 0 Å². The summed E-state index contributed by atoms with van der Waals surface area (Å²) in [5, 5.41) is 6.86. The van der Waals surface area contributed by atoms with Gasteiger partial charge in [-0.25, -0.2) is 17.5 Å². The van der Waals surface area contributed by atoms with E-state index < -0.39 is 27.8 Å². The highest BCUT2D eigenvalue weighted by molar-refractivity contribution is 7.89. The standard InChI is InChI=1S/C13H13ClFN5O3S/c1-19-12(7-16-18-19)24(22,23)17-11-4-5-20(13(11)21)8-2-3-9(14)10(15)6-8/h2-3,6-7,11,17H,4-5H2,1H3. The second-order valence-electron chi connectivity index (χ2n) is 5.25. The van der Waals surface area contributed by atoms with E-state index in [-0.39, 0.29) is 23.0 Å². The molecule has 1 saturated heterocycles. The molecule has 1 unspecified atom stereocenters. The second kappa shape index (κ2) is 6.11. The number of nitrogens with zero attached hydrogens (tertiary/aromatic N) is 4. The van der Waals surface area contributed by atoms with Crippen LogP contribution in [0.5, 0.6) is 0 Å². The number of nitrogens with one attached hydrogen (secondary N) is 1. The summed E-state index contributed by atoms with van der Waals surface area (Å²) in [5.41, 5.74) is 0.325. The number of aryl methyl sites for hydroxylation is 1. The van der Waals surface area contributed by atoms with Crippen LogP contribution in [0, 0.1) is 5.82 Å². The van der Waals surface area contributed by atoms with Gasteiger partial charge in [-0.3, -0.25) is 4.79 Å². The Labute approximate surface area is 142 Å². The van der Waals surface area contributed by atoms with Gasteiger partial charge in [0.1, 0.15) is 11.9 Å². The van der Waals surface area contributed by atoms with Gasteiger partial charge in [0.15, 0.2) is 5.03 Å². The first-order valence-corrected chi connectivity index (χ1v) is 8.79. The monoisotopic (exact) mass is 373 g/mol. The van der Waals surface area contributed by atoms with Crippen LogP contribution >= 0.6 is 11.6 Å². The highest BCUT2D eigenvalue weighted by Crippen LogP contribution is 2.26. The number of rotatable bonds is 4.